The Morgan fingerprint density at radius 2 is 2.06 bits per heavy atom. The average Bonchev–Trinajstić information content (AvgIpc) is 2.65. The maximum atomic E-state index is 4.83. The standard InChI is InChI=1S/C16H28N/c1-11(2)14-7-6-13(4)16(15(14)17-5)9-8-12(3)10-16/h10-11,13-15H,6-9H2,1-5H3/q-1/t13-,14?,15-,16-/m1/s1. The maximum absolute atomic E-state index is 4.83. The van der Waals surface area contributed by atoms with Crippen LogP contribution in [0.3, 0.4) is 0 Å². The van der Waals surface area contributed by atoms with Gasteiger partial charge < -0.3 is 5.32 Å². The highest BCUT2D eigenvalue weighted by atomic mass is 14.9. The number of hydrogen-bond acceptors (Lipinski definition) is 0. The first-order chi connectivity index (χ1) is 8.01. The second kappa shape index (κ2) is 4.76. The fourth-order valence-electron chi connectivity index (χ4n) is 4.33. The molecule has 1 saturated carbocycles. The molecule has 0 radical (unpaired) electrons. The van der Waals surface area contributed by atoms with Gasteiger partial charge in [0.2, 0.25) is 0 Å². The first-order valence-corrected chi connectivity index (χ1v) is 7.28. The molecule has 0 aromatic rings. The molecule has 1 heteroatoms. The maximum Gasteiger partial charge on any atom is -0.0244 e. The Labute approximate surface area is 107 Å². The molecule has 0 heterocycles. The van der Waals surface area contributed by atoms with Crippen molar-refractivity contribution < 1.29 is 0 Å². The van der Waals surface area contributed by atoms with Crippen molar-refractivity contribution in [3.8, 4) is 0 Å². The lowest BCUT2D eigenvalue weighted by atomic mass is 9.58. The Morgan fingerprint density at radius 3 is 2.53 bits per heavy atom. The van der Waals surface area contributed by atoms with Crippen molar-refractivity contribution in [3.05, 3.63) is 17.0 Å². The molecule has 4 atom stereocenters. The van der Waals surface area contributed by atoms with E-state index in [0.29, 0.717) is 11.5 Å². The van der Waals surface area contributed by atoms with Gasteiger partial charge in [-0.3, -0.25) is 0 Å². The van der Waals surface area contributed by atoms with E-state index in [0.717, 1.165) is 17.8 Å². The van der Waals surface area contributed by atoms with E-state index in [-0.39, 0.29) is 0 Å². The van der Waals surface area contributed by atoms with Crippen LogP contribution in [0.1, 0.15) is 53.4 Å². The molecule has 0 bridgehead atoms. The zero-order valence-electron chi connectivity index (χ0n) is 12.2. The van der Waals surface area contributed by atoms with Crippen LogP contribution in [0.15, 0.2) is 11.6 Å². The Kier molecular flexibility index (Phi) is 3.68. The Bertz CT molecular complexity index is 305. The number of hydrogen-bond donors (Lipinski definition) is 0. The van der Waals surface area contributed by atoms with E-state index >= 15 is 0 Å². The lowest BCUT2D eigenvalue weighted by Crippen LogP contribution is -2.47. The van der Waals surface area contributed by atoms with Crippen molar-refractivity contribution in [1.29, 1.82) is 0 Å². The van der Waals surface area contributed by atoms with E-state index in [1.165, 1.54) is 25.7 Å². The third-order valence-corrected chi connectivity index (χ3v) is 5.41. The van der Waals surface area contributed by atoms with Crippen molar-refractivity contribution in [2.24, 2.45) is 23.2 Å². The lowest BCUT2D eigenvalue weighted by molar-refractivity contribution is 0.0788. The molecule has 2 aliphatic carbocycles. The van der Waals surface area contributed by atoms with Gasteiger partial charge in [0.1, 0.15) is 0 Å². The molecule has 1 unspecified atom stereocenters. The minimum Gasteiger partial charge on any atom is -0.661 e. The second-order valence-corrected chi connectivity index (χ2v) is 6.69. The molecule has 17 heavy (non-hydrogen) atoms. The summed E-state index contributed by atoms with van der Waals surface area (Å²) in [6.45, 7) is 9.49. The van der Waals surface area contributed by atoms with Crippen LogP contribution in [-0.2, 0) is 0 Å². The minimum absolute atomic E-state index is 0.395. The molecular weight excluding hydrogens is 206 g/mol. The van der Waals surface area contributed by atoms with Crippen LogP contribution in [0.5, 0.6) is 0 Å². The molecule has 1 fully saturated rings. The van der Waals surface area contributed by atoms with Crippen molar-refractivity contribution in [2.45, 2.75) is 59.4 Å². The molecule has 98 valence electrons. The monoisotopic (exact) mass is 234 g/mol. The summed E-state index contributed by atoms with van der Waals surface area (Å²) in [7, 11) is 2.04. The zero-order chi connectivity index (χ0) is 12.6. The van der Waals surface area contributed by atoms with Crippen LogP contribution in [0, 0.1) is 23.2 Å². The smallest absolute Gasteiger partial charge is 0.0244 e. The first-order valence-electron chi connectivity index (χ1n) is 7.28. The molecule has 0 aliphatic heterocycles. The van der Waals surface area contributed by atoms with Crippen LogP contribution >= 0.6 is 0 Å². The average molecular weight is 234 g/mol. The topological polar surface area (TPSA) is 14.1 Å². The Balaban J connectivity index is 2.33. The fraction of sp³-hybridized carbons (Fsp3) is 0.875. The van der Waals surface area contributed by atoms with Gasteiger partial charge in [0, 0.05) is 0 Å². The van der Waals surface area contributed by atoms with Gasteiger partial charge >= 0.3 is 0 Å². The quantitative estimate of drug-likeness (QED) is 0.610. The Morgan fingerprint density at radius 1 is 1.35 bits per heavy atom. The minimum atomic E-state index is 0.395. The predicted octanol–water partition coefficient (Wildman–Crippen LogP) is 4.79. The highest BCUT2D eigenvalue weighted by molar-refractivity contribution is 5.25. The van der Waals surface area contributed by atoms with Gasteiger partial charge in [0.25, 0.3) is 0 Å². The molecule has 2 aliphatic rings. The van der Waals surface area contributed by atoms with Gasteiger partial charge in [0.05, 0.1) is 0 Å². The predicted molar refractivity (Wildman–Crippen MR) is 75.2 cm³/mol. The molecule has 0 N–H and O–H groups in total. The van der Waals surface area contributed by atoms with Gasteiger partial charge in [-0.05, 0) is 43.4 Å². The largest absolute Gasteiger partial charge is 0.661 e. The number of allylic oxidation sites excluding steroid dienone is 1. The van der Waals surface area contributed by atoms with E-state index in [1.54, 1.807) is 5.57 Å². The van der Waals surface area contributed by atoms with E-state index in [1.807, 2.05) is 7.05 Å². The zero-order valence-corrected chi connectivity index (χ0v) is 12.2. The highest BCUT2D eigenvalue weighted by Crippen LogP contribution is 2.55. The van der Waals surface area contributed by atoms with Crippen LogP contribution in [-0.4, -0.2) is 13.1 Å². The van der Waals surface area contributed by atoms with Gasteiger partial charge in [-0.2, -0.15) is 7.05 Å². The van der Waals surface area contributed by atoms with Gasteiger partial charge in [-0.1, -0.05) is 44.8 Å². The second-order valence-electron chi connectivity index (χ2n) is 6.69. The summed E-state index contributed by atoms with van der Waals surface area (Å²) in [5.41, 5.74) is 1.99. The highest BCUT2D eigenvalue weighted by Gasteiger charge is 2.45. The summed E-state index contributed by atoms with van der Waals surface area (Å²) in [4.78, 5) is 0. The van der Waals surface area contributed by atoms with Gasteiger partial charge in [-0.15, -0.1) is 6.04 Å². The fourth-order valence-corrected chi connectivity index (χ4v) is 4.33. The first kappa shape index (κ1) is 13.1. The van der Waals surface area contributed by atoms with E-state index in [4.69, 9.17) is 5.32 Å². The molecule has 0 aromatic heterocycles. The van der Waals surface area contributed by atoms with Crippen molar-refractivity contribution in [2.75, 3.05) is 7.05 Å². The van der Waals surface area contributed by atoms with E-state index in [2.05, 4.69) is 33.8 Å². The normalized spacial score (nSPS) is 42.2. The van der Waals surface area contributed by atoms with Crippen LogP contribution in [0.25, 0.3) is 5.32 Å². The summed E-state index contributed by atoms with van der Waals surface area (Å²) in [5, 5.41) is 4.83. The van der Waals surface area contributed by atoms with Crippen molar-refractivity contribution in [3.63, 3.8) is 0 Å². The van der Waals surface area contributed by atoms with Crippen molar-refractivity contribution >= 4 is 0 Å². The SMILES string of the molecule is C[N-][C@@H]1C(C(C)C)CC[C@@H](C)[C@@]12C=C(C)CC2. The molecule has 0 aromatic carbocycles. The molecule has 0 saturated heterocycles. The number of nitrogens with zero attached hydrogens (tertiary/aromatic N) is 1. The third-order valence-electron chi connectivity index (χ3n) is 5.41. The molecule has 1 nitrogen and oxygen atoms in total. The van der Waals surface area contributed by atoms with Crippen LogP contribution < -0.4 is 0 Å². The summed E-state index contributed by atoms with van der Waals surface area (Å²) in [6, 6.07) is 0.559. The lowest BCUT2D eigenvalue weighted by Gasteiger charge is -2.57. The van der Waals surface area contributed by atoms with Crippen LogP contribution in [0.2, 0.25) is 0 Å². The summed E-state index contributed by atoms with van der Waals surface area (Å²) in [5.74, 6) is 2.37. The third kappa shape index (κ3) is 2.07. The summed E-state index contributed by atoms with van der Waals surface area (Å²) >= 11 is 0. The summed E-state index contributed by atoms with van der Waals surface area (Å²) < 4.78 is 0. The number of rotatable bonds is 2. The molecular formula is C16H28N-. The van der Waals surface area contributed by atoms with E-state index < -0.39 is 0 Å². The Hall–Kier alpha value is -0.300. The van der Waals surface area contributed by atoms with Gasteiger partial charge in [0.15, 0.2) is 0 Å². The van der Waals surface area contributed by atoms with Crippen LogP contribution in [0.4, 0.5) is 0 Å². The molecule has 2 rings (SSSR count). The van der Waals surface area contributed by atoms with Crippen molar-refractivity contribution in [1.82, 2.24) is 0 Å². The molecule has 1 spiro atoms. The molecule has 0 amide bonds. The van der Waals surface area contributed by atoms with Gasteiger partial charge in [-0.25, -0.2) is 0 Å². The summed E-state index contributed by atoms with van der Waals surface area (Å²) in [6.07, 6.45) is 7.98. The van der Waals surface area contributed by atoms with E-state index in [9.17, 15) is 0 Å².